The van der Waals surface area contributed by atoms with Crippen molar-refractivity contribution >= 4 is 50.6 Å². The van der Waals surface area contributed by atoms with Gasteiger partial charge in [0, 0.05) is 36.0 Å². The van der Waals surface area contributed by atoms with E-state index in [1.807, 2.05) is 53.2 Å². The first-order chi connectivity index (χ1) is 15.1. The smallest absolute Gasteiger partial charge is 0.263 e. The van der Waals surface area contributed by atoms with Crippen molar-refractivity contribution in [2.75, 3.05) is 12.8 Å². The molecular formula is C23H21N3O2S3. The standard InChI is InChI=1S/C23H21N3O2S3/c1-3-11-26-22(28)20-17(18-10-7-12-29-18)14-30-21(20)24-23(26)31-15-19(27)25(2)13-16-8-5-4-6-9-16/h3-10,12,14H,1,11,13,15H2,2H3. The lowest BCUT2D eigenvalue weighted by Crippen LogP contribution is -2.28. The lowest BCUT2D eigenvalue weighted by atomic mass is 10.2. The molecule has 0 saturated carbocycles. The Labute approximate surface area is 192 Å². The fourth-order valence-corrected chi connectivity index (χ4v) is 5.95. The van der Waals surface area contributed by atoms with Crippen LogP contribution in [-0.4, -0.2) is 33.2 Å². The average molecular weight is 468 g/mol. The summed E-state index contributed by atoms with van der Waals surface area (Å²) in [6, 6.07) is 13.8. The van der Waals surface area contributed by atoms with Crippen LogP contribution in [0.3, 0.4) is 0 Å². The maximum absolute atomic E-state index is 13.3. The Bertz CT molecular complexity index is 1260. The number of thiophene rings is 2. The monoisotopic (exact) mass is 467 g/mol. The summed E-state index contributed by atoms with van der Waals surface area (Å²) in [6.07, 6.45) is 1.68. The number of hydrogen-bond acceptors (Lipinski definition) is 6. The number of benzene rings is 1. The van der Waals surface area contributed by atoms with E-state index in [0.29, 0.717) is 28.5 Å². The molecule has 1 aromatic carbocycles. The molecule has 5 nitrogen and oxygen atoms in total. The van der Waals surface area contributed by atoms with Crippen LogP contribution in [0.4, 0.5) is 0 Å². The second kappa shape index (κ2) is 9.64. The van der Waals surface area contributed by atoms with Gasteiger partial charge in [-0.2, -0.15) is 0 Å². The first kappa shape index (κ1) is 21.5. The highest BCUT2D eigenvalue weighted by atomic mass is 32.2. The summed E-state index contributed by atoms with van der Waals surface area (Å²) in [6.45, 7) is 4.67. The molecule has 0 aliphatic rings. The summed E-state index contributed by atoms with van der Waals surface area (Å²) in [5.74, 6) is 0.195. The summed E-state index contributed by atoms with van der Waals surface area (Å²) in [7, 11) is 1.79. The summed E-state index contributed by atoms with van der Waals surface area (Å²) < 4.78 is 1.61. The van der Waals surface area contributed by atoms with Gasteiger partial charge in [-0.15, -0.1) is 29.3 Å². The Morgan fingerprint density at radius 1 is 1.23 bits per heavy atom. The highest BCUT2D eigenvalue weighted by molar-refractivity contribution is 7.99. The minimum atomic E-state index is -0.0952. The van der Waals surface area contributed by atoms with Gasteiger partial charge in [0.1, 0.15) is 4.83 Å². The van der Waals surface area contributed by atoms with E-state index >= 15 is 0 Å². The van der Waals surface area contributed by atoms with Crippen LogP contribution in [0.25, 0.3) is 20.7 Å². The number of nitrogens with zero attached hydrogens (tertiary/aromatic N) is 3. The molecule has 0 spiro atoms. The Morgan fingerprint density at radius 3 is 2.74 bits per heavy atom. The summed E-state index contributed by atoms with van der Waals surface area (Å²) in [5, 5.41) is 5.15. The van der Waals surface area contributed by atoms with Crippen LogP contribution in [0.2, 0.25) is 0 Å². The van der Waals surface area contributed by atoms with Gasteiger partial charge in [-0.05, 0) is 17.0 Å². The molecule has 3 aromatic heterocycles. The number of carbonyl (C=O) groups is 1. The lowest BCUT2D eigenvalue weighted by molar-refractivity contribution is -0.127. The van der Waals surface area contributed by atoms with E-state index in [1.54, 1.807) is 33.9 Å². The van der Waals surface area contributed by atoms with E-state index in [-0.39, 0.29) is 17.2 Å². The summed E-state index contributed by atoms with van der Waals surface area (Å²) >= 11 is 4.35. The maximum atomic E-state index is 13.3. The van der Waals surface area contributed by atoms with E-state index in [0.717, 1.165) is 16.0 Å². The van der Waals surface area contributed by atoms with Crippen LogP contribution in [0.1, 0.15) is 5.56 Å². The van der Waals surface area contributed by atoms with Gasteiger partial charge < -0.3 is 4.90 Å². The summed E-state index contributed by atoms with van der Waals surface area (Å²) in [4.78, 5) is 34.2. The normalized spacial score (nSPS) is 11.0. The third-order valence-electron chi connectivity index (χ3n) is 4.77. The largest absolute Gasteiger partial charge is 0.341 e. The van der Waals surface area contributed by atoms with Crippen molar-refractivity contribution < 1.29 is 4.79 Å². The van der Waals surface area contributed by atoms with E-state index in [1.165, 1.54) is 23.1 Å². The van der Waals surface area contributed by atoms with E-state index in [9.17, 15) is 9.59 Å². The topological polar surface area (TPSA) is 55.2 Å². The van der Waals surface area contributed by atoms with Crippen molar-refractivity contribution in [3.05, 3.63) is 81.8 Å². The highest BCUT2D eigenvalue weighted by Crippen LogP contribution is 2.34. The van der Waals surface area contributed by atoms with Gasteiger partial charge in [-0.1, -0.05) is 54.2 Å². The SMILES string of the molecule is C=CCn1c(SCC(=O)N(C)Cc2ccccc2)nc2scc(-c3cccs3)c2c1=O. The number of carbonyl (C=O) groups excluding carboxylic acids is 1. The van der Waals surface area contributed by atoms with Gasteiger partial charge >= 0.3 is 0 Å². The molecule has 4 aromatic rings. The van der Waals surface area contributed by atoms with Crippen molar-refractivity contribution in [1.82, 2.24) is 14.5 Å². The van der Waals surface area contributed by atoms with Crippen molar-refractivity contribution in [2.45, 2.75) is 18.2 Å². The molecule has 0 saturated heterocycles. The Hall–Kier alpha value is -2.68. The number of allylic oxidation sites excluding steroid dienone is 1. The summed E-state index contributed by atoms with van der Waals surface area (Å²) in [5.41, 5.74) is 1.90. The molecule has 0 aliphatic carbocycles. The minimum absolute atomic E-state index is 0.0150. The predicted octanol–water partition coefficient (Wildman–Crippen LogP) is 5.12. The first-order valence-electron chi connectivity index (χ1n) is 9.66. The molecule has 0 atom stereocenters. The quantitative estimate of drug-likeness (QED) is 0.205. The zero-order valence-corrected chi connectivity index (χ0v) is 19.4. The van der Waals surface area contributed by atoms with E-state index in [2.05, 4.69) is 6.58 Å². The molecule has 0 N–H and O–H groups in total. The molecule has 158 valence electrons. The van der Waals surface area contributed by atoms with Crippen molar-refractivity contribution in [3.8, 4) is 10.4 Å². The van der Waals surface area contributed by atoms with Crippen molar-refractivity contribution in [2.24, 2.45) is 0 Å². The van der Waals surface area contributed by atoms with E-state index < -0.39 is 0 Å². The average Bonchev–Trinajstić information content (AvgIpc) is 3.44. The Kier molecular flexibility index (Phi) is 6.70. The number of fused-ring (bicyclic) bond motifs is 1. The minimum Gasteiger partial charge on any atom is -0.341 e. The molecule has 0 radical (unpaired) electrons. The zero-order chi connectivity index (χ0) is 21.8. The maximum Gasteiger partial charge on any atom is 0.263 e. The predicted molar refractivity (Wildman–Crippen MR) is 131 cm³/mol. The third-order valence-corrected chi connectivity index (χ3v) is 7.51. The van der Waals surface area contributed by atoms with Crippen LogP contribution in [0.5, 0.6) is 0 Å². The van der Waals surface area contributed by atoms with Crippen LogP contribution < -0.4 is 5.56 Å². The number of amides is 1. The van der Waals surface area contributed by atoms with Gasteiger partial charge in [0.2, 0.25) is 5.91 Å². The van der Waals surface area contributed by atoms with Gasteiger partial charge in [0.05, 0.1) is 11.1 Å². The number of hydrogen-bond donors (Lipinski definition) is 0. The molecule has 1 amide bonds. The molecule has 0 aliphatic heterocycles. The number of rotatable bonds is 8. The number of thioether (sulfide) groups is 1. The molecule has 3 heterocycles. The second-order valence-corrected chi connectivity index (χ2v) is 9.68. The fourth-order valence-electron chi connectivity index (χ4n) is 3.20. The zero-order valence-electron chi connectivity index (χ0n) is 17.0. The molecule has 4 rings (SSSR count). The van der Waals surface area contributed by atoms with Gasteiger partial charge in [-0.3, -0.25) is 14.2 Å². The molecule has 8 heteroatoms. The first-order valence-corrected chi connectivity index (χ1v) is 12.4. The Balaban J connectivity index is 1.58. The molecule has 0 fully saturated rings. The van der Waals surface area contributed by atoms with Gasteiger partial charge in [-0.25, -0.2) is 4.98 Å². The van der Waals surface area contributed by atoms with Crippen molar-refractivity contribution in [1.29, 1.82) is 0 Å². The van der Waals surface area contributed by atoms with Crippen molar-refractivity contribution in [3.63, 3.8) is 0 Å². The van der Waals surface area contributed by atoms with E-state index in [4.69, 9.17) is 4.98 Å². The van der Waals surface area contributed by atoms with Crippen LogP contribution in [0, 0.1) is 0 Å². The fraction of sp³-hybridized carbons (Fsp3) is 0.174. The van der Waals surface area contributed by atoms with Crippen LogP contribution in [0.15, 0.2) is 75.8 Å². The van der Waals surface area contributed by atoms with Gasteiger partial charge in [0.15, 0.2) is 5.16 Å². The molecule has 0 unspecified atom stereocenters. The molecule has 31 heavy (non-hydrogen) atoms. The second-order valence-electron chi connectivity index (χ2n) is 6.93. The lowest BCUT2D eigenvalue weighted by Gasteiger charge is -2.17. The third kappa shape index (κ3) is 4.66. The number of aromatic nitrogens is 2. The van der Waals surface area contributed by atoms with Gasteiger partial charge in [0.25, 0.3) is 5.56 Å². The highest BCUT2D eigenvalue weighted by Gasteiger charge is 2.19. The Morgan fingerprint density at radius 2 is 2.03 bits per heavy atom. The molecule has 0 bridgehead atoms. The molecular weight excluding hydrogens is 446 g/mol. The van der Waals surface area contributed by atoms with Crippen LogP contribution in [-0.2, 0) is 17.9 Å². The van der Waals surface area contributed by atoms with Crippen LogP contribution >= 0.6 is 34.4 Å².